The summed E-state index contributed by atoms with van der Waals surface area (Å²) in [7, 11) is 0. The molecule has 1 amide bonds. The van der Waals surface area contributed by atoms with Crippen molar-refractivity contribution in [2.75, 3.05) is 5.32 Å². The van der Waals surface area contributed by atoms with Crippen LogP contribution in [-0.4, -0.2) is 31.7 Å². The number of aromatic nitrogens is 3. The van der Waals surface area contributed by atoms with E-state index in [0.29, 0.717) is 23.3 Å². The van der Waals surface area contributed by atoms with Crippen LogP contribution in [0.5, 0.6) is 0 Å². The molecule has 146 valence electrons. The molecule has 0 aliphatic carbocycles. The Balaban J connectivity index is 1.83. The van der Waals surface area contributed by atoms with E-state index in [-0.39, 0.29) is 18.4 Å². The summed E-state index contributed by atoms with van der Waals surface area (Å²) in [6.45, 7) is 6.02. The van der Waals surface area contributed by atoms with E-state index in [2.05, 4.69) is 29.2 Å². The third kappa shape index (κ3) is 4.19. The predicted molar refractivity (Wildman–Crippen MR) is 108 cm³/mol. The van der Waals surface area contributed by atoms with Gasteiger partial charge in [0, 0.05) is 17.8 Å². The van der Waals surface area contributed by atoms with E-state index in [1.54, 1.807) is 24.4 Å². The molecule has 2 N–H and O–H groups in total. The number of nitrogens with one attached hydrogen (secondary N) is 1. The van der Waals surface area contributed by atoms with Gasteiger partial charge in [-0.2, -0.15) is 5.10 Å². The van der Waals surface area contributed by atoms with Crippen LogP contribution in [0, 0.1) is 6.92 Å². The zero-order valence-electron chi connectivity index (χ0n) is 16.3. The second-order valence-corrected chi connectivity index (χ2v) is 6.94. The fourth-order valence-corrected chi connectivity index (χ4v) is 3.03. The van der Waals surface area contributed by atoms with Crippen LogP contribution in [0.1, 0.15) is 54.3 Å². The number of aryl methyl sites for hydroxylation is 2. The van der Waals surface area contributed by atoms with Gasteiger partial charge in [-0.1, -0.05) is 19.1 Å². The first-order valence-corrected chi connectivity index (χ1v) is 9.36. The van der Waals surface area contributed by atoms with Crippen molar-refractivity contribution in [3.8, 4) is 0 Å². The number of aliphatic carboxylic acids is 1. The quantitative estimate of drug-likeness (QED) is 0.646. The zero-order valence-corrected chi connectivity index (χ0v) is 16.3. The van der Waals surface area contributed by atoms with E-state index < -0.39 is 5.97 Å². The van der Waals surface area contributed by atoms with Crippen molar-refractivity contribution in [2.45, 2.75) is 46.1 Å². The predicted octanol–water partition coefficient (Wildman–Crippen LogP) is 3.98. The Hall–Kier alpha value is -3.22. The Morgan fingerprint density at radius 3 is 2.61 bits per heavy atom. The number of rotatable bonds is 7. The first-order chi connectivity index (χ1) is 13.4. The van der Waals surface area contributed by atoms with Crippen LogP contribution in [-0.2, 0) is 11.2 Å². The molecule has 0 aliphatic rings. The number of hydrogen-bond donors (Lipinski definition) is 2. The molecule has 0 spiro atoms. The minimum Gasteiger partial charge on any atom is -0.481 e. The molecule has 3 rings (SSSR count). The molecule has 2 heterocycles. The number of fused-ring (bicyclic) bond motifs is 1. The minimum atomic E-state index is -0.826. The normalized spacial score (nSPS) is 12.1. The zero-order chi connectivity index (χ0) is 20.3. The first kappa shape index (κ1) is 19.5. The monoisotopic (exact) mass is 380 g/mol. The molecular weight excluding hydrogens is 356 g/mol. The van der Waals surface area contributed by atoms with Crippen molar-refractivity contribution in [1.82, 2.24) is 14.8 Å². The van der Waals surface area contributed by atoms with Crippen LogP contribution < -0.4 is 5.32 Å². The Kier molecular flexibility index (Phi) is 5.73. The van der Waals surface area contributed by atoms with E-state index in [4.69, 9.17) is 5.11 Å². The van der Waals surface area contributed by atoms with Crippen molar-refractivity contribution in [2.24, 2.45) is 0 Å². The summed E-state index contributed by atoms with van der Waals surface area (Å²) in [4.78, 5) is 28.1. The third-order valence-corrected chi connectivity index (χ3v) is 4.79. The lowest BCUT2D eigenvalue weighted by molar-refractivity contribution is -0.136. The summed E-state index contributed by atoms with van der Waals surface area (Å²) in [5.41, 5.74) is 3.57. The maximum atomic E-state index is 12.9. The van der Waals surface area contributed by atoms with Crippen LogP contribution in [0.2, 0.25) is 0 Å². The summed E-state index contributed by atoms with van der Waals surface area (Å²) >= 11 is 0. The largest absolute Gasteiger partial charge is 0.481 e. The van der Waals surface area contributed by atoms with Crippen molar-refractivity contribution < 1.29 is 14.7 Å². The highest BCUT2D eigenvalue weighted by Crippen LogP contribution is 2.23. The van der Waals surface area contributed by atoms with Gasteiger partial charge in [-0.05, 0) is 50.5 Å². The van der Waals surface area contributed by atoms with Crippen LogP contribution in [0.25, 0.3) is 11.0 Å². The Labute approximate surface area is 163 Å². The molecule has 7 nitrogen and oxygen atoms in total. The van der Waals surface area contributed by atoms with Gasteiger partial charge >= 0.3 is 5.97 Å². The maximum Gasteiger partial charge on any atom is 0.303 e. The Morgan fingerprint density at radius 1 is 1.25 bits per heavy atom. The fraction of sp³-hybridized carbons (Fsp3) is 0.333. The van der Waals surface area contributed by atoms with Gasteiger partial charge in [0.25, 0.3) is 5.91 Å². The topological polar surface area (TPSA) is 97.1 Å². The van der Waals surface area contributed by atoms with Crippen molar-refractivity contribution >= 4 is 28.6 Å². The smallest absolute Gasteiger partial charge is 0.303 e. The Bertz CT molecular complexity index is 1010. The molecule has 0 aliphatic heterocycles. The van der Waals surface area contributed by atoms with Gasteiger partial charge in [0.15, 0.2) is 5.65 Å². The number of nitrogens with zero attached hydrogens (tertiary/aromatic N) is 3. The highest BCUT2D eigenvalue weighted by atomic mass is 16.4. The van der Waals surface area contributed by atoms with Crippen LogP contribution in [0.15, 0.2) is 36.5 Å². The highest BCUT2D eigenvalue weighted by molar-refractivity contribution is 6.12. The lowest BCUT2D eigenvalue weighted by Gasteiger charge is -2.11. The van der Waals surface area contributed by atoms with Gasteiger partial charge in [-0.15, -0.1) is 0 Å². The van der Waals surface area contributed by atoms with Crippen LogP contribution >= 0.6 is 0 Å². The average Bonchev–Trinajstić information content (AvgIpc) is 3.09. The molecule has 3 aromatic rings. The second-order valence-electron chi connectivity index (χ2n) is 6.94. The van der Waals surface area contributed by atoms with E-state index in [1.807, 2.05) is 23.7 Å². The van der Waals surface area contributed by atoms with Gasteiger partial charge < -0.3 is 10.4 Å². The Morgan fingerprint density at radius 2 is 1.96 bits per heavy atom. The van der Waals surface area contributed by atoms with Crippen molar-refractivity contribution in [3.05, 3.63) is 53.3 Å². The molecule has 0 bridgehead atoms. The molecule has 0 radical (unpaired) electrons. The van der Waals surface area contributed by atoms with Crippen LogP contribution in [0.4, 0.5) is 5.69 Å². The van der Waals surface area contributed by atoms with E-state index >= 15 is 0 Å². The summed E-state index contributed by atoms with van der Waals surface area (Å²) in [6.07, 6.45) is 3.16. The van der Waals surface area contributed by atoms with Crippen molar-refractivity contribution in [3.63, 3.8) is 0 Å². The summed E-state index contributed by atoms with van der Waals surface area (Å²) in [5.74, 6) is -1.05. The van der Waals surface area contributed by atoms with E-state index in [1.165, 1.54) is 0 Å². The molecule has 0 fully saturated rings. The van der Waals surface area contributed by atoms with Gasteiger partial charge in [0.2, 0.25) is 0 Å². The van der Waals surface area contributed by atoms with E-state index in [0.717, 1.165) is 23.1 Å². The number of hydrogen-bond acceptors (Lipinski definition) is 4. The number of carbonyl (C=O) groups is 2. The SMILES string of the molecule is CCC(C)n1ncc2c(C(=O)Nc3ccc(CCC(=O)O)cc3)cc(C)nc21. The summed E-state index contributed by atoms with van der Waals surface area (Å²) in [6, 6.07) is 9.17. The fourth-order valence-electron chi connectivity index (χ4n) is 3.03. The van der Waals surface area contributed by atoms with Gasteiger partial charge in [0.05, 0.1) is 23.2 Å². The van der Waals surface area contributed by atoms with Gasteiger partial charge in [-0.25, -0.2) is 9.67 Å². The standard InChI is InChI=1S/C21H24N4O3/c1-4-14(3)25-20-18(12-22-25)17(11-13(2)23-20)21(28)24-16-8-5-15(6-9-16)7-10-19(26)27/h5-6,8-9,11-12,14H,4,7,10H2,1-3H3,(H,24,28)(H,26,27). The number of carbonyl (C=O) groups excluding carboxylic acids is 1. The molecule has 7 heteroatoms. The van der Waals surface area contributed by atoms with E-state index in [9.17, 15) is 9.59 Å². The van der Waals surface area contributed by atoms with Gasteiger partial charge in [0.1, 0.15) is 0 Å². The molecule has 0 saturated heterocycles. The minimum absolute atomic E-state index is 0.0835. The number of pyridine rings is 1. The number of carboxylic acids is 1. The highest BCUT2D eigenvalue weighted by Gasteiger charge is 2.17. The molecule has 0 saturated carbocycles. The first-order valence-electron chi connectivity index (χ1n) is 9.36. The second kappa shape index (κ2) is 8.21. The summed E-state index contributed by atoms with van der Waals surface area (Å²) in [5, 5.41) is 16.8. The lowest BCUT2D eigenvalue weighted by Crippen LogP contribution is -2.13. The molecule has 1 aromatic carbocycles. The number of anilines is 1. The average molecular weight is 380 g/mol. The van der Waals surface area contributed by atoms with Crippen LogP contribution in [0.3, 0.4) is 0 Å². The molecular formula is C21H24N4O3. The number of benzene rings is 1. The number of amides is 1. The third-order valence-electron chi connectivity index (χ3n) is 4.79. The molecule has 28 heavy (non-hydrogen) atoms. The van der Waals surface area contributed by atoms with Crippen molar-refractivity contribution in [1.29, 1.82) is 0 Å². The summed E-state index contributed by atoms with van der Waals surface area (Å²) < 4.78 is 1.86. The lowest BCUT2D eigenvalue weighted by atomic mass is 10.1. The molecule has 1 atom stereocenters. The number of carboxylic acid groups (broad SMARTS) is 1. The molecule has 1 unspecified atom stereocenters. The van der Waals surface area contributed by atoms with Gasteiger partial charge in [-0.3, -0.25) is 9.59 Å². The molecule has 2 aromatic heterocycles. The maximum absolute atomic E-state index is 12.9.